The van der Waals surface area contributed by atoms with Crippen LogP contribution in [0.15, 0.2) is 71.6 Å². The normalized spacial score (nSPS) is 14.4. The number of rotatable bonds is 11. The van der Waals surface area contributed by atoms with Gasteiger partial charge in [-0.05, 0) is 68.1 Å². The average molecular weight is 635 g/mol. The first-order valence-electron chi connectivity index (χ1n) is 13.9. The first-order valence-corrected chi connectivity index (χ1v) is 16.1. The first-order chi connectivity index (χ1) is 20.0. The Balaban J connectivity index is 1.74. The summed E-state index contributed by atoms with van der Waals surface area (Å²) >= 11 is 12.5. The molecule has 11 heteroatoms. The van der Waals surface area contributed by atoms with Gasteiger partial charge >= 0.3 is 0 Å². The van der Waals surface area contributed by atoms with Gasteiger partial charge in [-0.15, -0.1) is 0 Å². The third-order valence-corrected chi connectivity index (χ3v) is 9.81. The van der Waals surface area contributed by atoms with Crippen LogP contribution in [-0.2, 0) is 26.2 Å². The van der Waals surface area contributed by atoms with E-state index >= 15 is 4.39 Å². The Morgan fingerprint density at radius 1 is 1.02 bits per heavy atom. The third kappa shape index (κ3) is 7.43. The lowest BCUT2D eigenvalue weighted by atomic mass is 10.1. The Hall–Kier alpha value is -3.14. The van der Waals surface area contributed by atoms with Gasteiger partial charge < -0.3 is 10.2 Å². The molecule has 0 bridgehead atoms. The number of carbonyl (C=O) groups is 2. The van der Waals surface area contributed by atoms with Gasteiger partial charge in [0.1, 0.15) is 18.4 Å². The predicted molar refractivity (Wildman–Crippen MR) is 164 cm³/mol. The van der Waals surface area contributed by atoms with Gasteiger partial charge in [-0.1, -0.05) is 78.9 Å². The molecule has 0 unspecified atom stereocenters. The molecule has 1 aliphatic rings. The van der Waals surface area contributed by atoms with Crippen LogP contribution in [0.5, 0.6) is 0 Å². The second kappa shape index (κ2) is 13.9. The van der Waals surface area contributed by atoms with Gasteiger partial charge in [-0.25, -0.2) is 12.8 Å². The molecular weight excluding hydrogens is 600 g/mol. The van der Waals surface area contributed by atoms with Crippen LogP contribution in [0, 0.1) is 12.7 Å². The number of sulfonamides is 1. The summed E-state index contributed by atoms with van der Waals surface area (Å²) < 4.78 is 43.6. The van der Waals surface area contributed by atoms with Crippen molar-refractivity contribution in [2.45, 2.75) is 69.5 Å². The molecule has 0 aliphatic heterocycles. The molecule has 3 aromatic rings. The molecule has 0 radical (unpaired) electrons. The molecule has 4 rings (SSSR count). The molecule has 1 fully saturated rings. The number of para-hydroxylation sites is 1. The van der Waals surface area contributed by atoms with E-state index in [2.05, 4.69) is 5.32 Å². The minimum Gasteiger partial charge on any atom is -0.352 e. The molecule has 7 nitrogen and oxygen atoms in total. The van der Waals surface area contributed by atoms with Crippen LogP contribution in [0.3, 0.4) is 0 Å². The van der Waals surface area contributed by atoms with Crippen LogP contribution in [0.4, 0.5) is 10.1 Å². The molecular formula is C31H34Cl2FN3O4S. The molecule has 1 saturated carbocycles. The fourth-order valence-corrected chi connectivity index (χ4v) is 7.02. The number of benzene rings is 3. The Bertz CT molecular complexity index is 1530. The van der Waals surface area contributed by atoms with Gasteiger partial charge in [0.15, 0.2) is 0 Å². The zero-order valence-corrected chi connectivity index (χ0v) is 25.9. The Kier molecular flexibility index (Phi) is 10.5. The van der Waals surface area contributed by atoms with Gasteiger partial charge in [-0.2, -0.15) is 0 Å². The molecule has 224 valence electrons. The highest BCUT2D eigenvalue weighted by molar-refractivity contribution is 7.92. The zero-order valence-electron chi connectivity index (χ0n) is 23.5. The molecule has 1 N–H and O–H groups in total. The second-order valence-electron chi connectivity index (χ2n) is 10.4. The van der Waals surface area contributed by atoms with E-state index in [1.165, 1.54) is 41.3 Å². The lowest BCUT2D eigenvalue weighted by molar-refractivity contribution is -0.140. The number of amides is 2. The van der Waals surface area contributed by atoms with Crippen molar-refractivity contribution in [3.63, 3.8) is 0 Å². The summed E-state index contributed by atoms with van der Waals surface area (Å²) in [5, 5.41) is 3.75. The number of anilines is 1. The van der Waals surface area contributed by atoms with Crippen molar-refractivity contribution in [3.05, 3.63) is 93.7 Å². The number of aryl methyl sites for hydroxylation is 1. The molecule has 0 saturated heterocycles. The Labute approximate surface area is 256 Å². The van der Waals surface area contributed by atoms with E-state index in [1.54, 1.807) is 31.2 Å². The average Bonchev–Trinajstić information content (AvgIpc) is 3.46. The van der Waals surface area contributed by atoms with Crippen molar-refractivity contribution in [3.8, 4) is 0 Å². The van der Waals surface area contributed by atoms with Crippen LogP contribution in [0.25, 0.3) is 0 Å². The van der Waals surface area contributed by atoms with Crippen molar-refractivity contribution in [2.75, 3.05) is 10.8 Å². The fraction of sp³-hybridized carbons (Fsp3) is 0.355. The van der Waals surface area contributed by atoms with Crippen LogP contribution in [0.2, 0.25) is 10.0 Å². The van der Waals surface area contributed by atoms with Crippen molar-refractivity contribution >= 4 is 50.7 Å². The summed E-state index contributed by atoms with van der Waals surface area (Å²) in [6, 6.07) is 15.4. The third-order valence-electron chi connectivity index (χ3n) is 7.45. The molecule has 2 amide bonds. The van der Waals surface area contributed by atoms with Gasteiger partial charge in [0.25, 0.3) is 10.0 Å². The summed E-state index contributed by atoms with van der Waals surface area (Å²) in [4.78, 5) is 28.9. The number of halogens is 3. The largest absolute Gasteiger partial charge is 0.352 e. The maximum atomic E-state index is 15.1. The fourth-order valence-electron chi connectivity index (χ4n) is 5.13. The molecule has 42 heavy (non-hydrogen) atoms. The van der Waals surface area contributed by atoms with E-state index < -0.39 is 34.3 Å². The summed E-state index contributed by atoms with van der Waals surface area (Å²) in [6.07, 6.45) is 4.00. The molecule has 1 aliphatic carbocycles. The SMILES string of the molecule is CC[C@@H](C(=O)NC1CCCC1)N(Cc1ccc(Cl)cc1Cl)C(=O)CN(c1ccccc1F)S(=O)(=O)c1ccc(C)cc1. The molecule has 0 spiro atoms. The number of hydrogen-bond acceptors (Lipinski definition) is 4. The van der Waals surface area contributed by atoms with Crippen molar-refractivity contribution in [1.29, 1.82) is 0 Å². The number of carbonyl (C=O) groups excluding carboxylic acids is 2. The molecule has 0 aromatic heterocycles. The summed E-state index contributed by atoms with van der Waals surface area (Å²) in [5.74, 6) is -1.82. The summed E-state index contributed by atoms with van der Waals surface area (Å²) in [5.41, 5.74) is 1.09. The number of hydrogen-bond donors (Lipinski definition) is 1. The van der Waals surface area contributed by atoms with Crippen molar-refractivity contribution < 1.29 is 22.4 Å². The van der Waals surface area contributed by atoms with E-state index in [0.29, 0.717) is 15.6 Å². The van der Waals surface area contributed by atoms with Crippen LogP contribution < -0.4 is 9.62 Å². The van der Waals surface area contributed by atoms with Gasteiger partial charge in [0.05, 0.1) is 10.6 Å². The lowest BCUT2D eigenvalue weighted by Crippen LogP contribution is -2.53. The lowest BCUT2D eigenvalue weighted by Gasteiger charge is -2.34. The Morgan fingerprint density at radius 2 is 1.69 bits per heavy atom. The monoisotopic (exact) mass is 633 g/mol. The standard InChI is InChI=1S/C31H34Cl2FN3O4S/c1-3-28(31(39)35-24-8-4-5-9-24)36(19-22-14-15-23(32)18-26(22)33)30(38)20-37(29-11-7-6-10-27(29)34)42(40,41)25-16-12-21(2)13-17-25/h6-7,10-18,24,28H,3-5,8-9,19-20H2,1-2H3,(H,35,39)/t28-/m0/s1. The smallest absolute Gasteiger partial charge is 0.264 e. The topological polar surface area (TPSA) is 86.8 Å². The minimum atomic E-state index is -4.38. The maximum absolute atomic E-state index is 15.1. The van der Waals surface area contributed by atoms with Gasteiger partial charge in [-0.3, -0.25) is 13.9 Å². The Morgan fingerprint density at radius 3 is 2.31 bits per heavy atom. The molecule has 3 aromatic carbocycles. The summed E-state index contributed by atoms with van der Waals surface area (Å²) in [7, 11) is -4.38. The van der Waals surface area contributed by atoms with Gasteiger partial charge in [0, 0.05) is 22.6 Å². The van der Waals surface area contributed by atoms with Crippen molar-refractivity contribution in [1.82, 2.24) is 10.2 Å². The van der Waals surface area contributed by atoms with E-state index in [9.17, 15) is 18.0 Å². The van der Waals surface area contributed by atoms with Crippen molar-refractivity contribution in [2.24, 2.45) is 0 Å². The first kappa shape index (κ1) is 31.8. The second-order valence-corrected chi connectivity index (χ2v) is 13.2. The van der Waals surface area contributed by atoms with Crippen LogP contribution in [0.1, 0.15) is 50.2 Å². The maximum Gasteiger partial charge on any atom is 0.264 e. The number of nitrogens with zero attached hydrogens (tertiary/aromatic N) is 2. The van der Waals surface area contributed by atoms with E-state index in [0.717, 1.165) is 41.6 Å². The van der Waals surface area contributed by atoms with E-state index in [1.807, 2.05) is 6.92 Å². The zero-order chi connectivity index (χ0) is 30.4. The molecule has 1 atom stereocenters. The highest BCUT2D eigenvalue weighted by Crippen LogP contribution is 2.29. The van der Waals surface area contributed by atoms with Crippen LogP contribution >= 0.6 is 23.2 Å². The van der Waals surface area contributed by atoms with Crippen LogP contribution in [-0.4, -0.2) is 43.8 Å². The quantitative estimate of drug-likeness (QED) is 0.261. The van der Waals surface area contributed by atoms with Gasteiger partial charge in [0.2, 0.25) is 11.8 Å². The van der Waals surface area contributed by atoms with E-state index in [4.69, 9.17) is 23.2 Å². The predicted octanol–water partition coefficient (Wildman–Crippen LogP) is 6.50. The molecule has 0 heterocycles. The minimum absolute atomic E-state index is 0.0134. The highest BCUT2D eigenvalue weighted by Gasteiger charge is 2.35. The highest BCUT2D eigenvalue weighted by atomic mass is 35.5. The van der Waals surface area contributed by atoms with E-state index in [-0.39, 0.29) is 35.5 Å². The summed E-state index contributed by atoms with van der Waals surface area (Å²) in [6.45, 7) is 2.77. The number of nitrogens with one attached hydrogen (secondary N) is 1.